The second kappa shape index (κ2) is 3.11. The zero-order valence-corrected chi connectivity index (χ0v) is 6.99. The lowest BCUT2D eigenvalue weighted by molar-refractivity contribution is -0.115. The molecule has 0 aliphatic carbocycles. The molecule has 2 rings (SSSR count). The van der Waals surface area contributed by atoms with E-state index in [1.165, 1.54) is 0 Å². The van der Waals surface area contributed by atoms with Gasteiger partial charge in [-0.3, -0.25) is 4.79 Å². The molecular weight excluding hydrogens is 166 g/mol. The van der Waals surface area contributed by atoms with Crippen LogP contribution >= 0.6 is 0 Å². The van der Waals surface area contributed by atoms with Crippen LogP contribution < -0.4 is 0 Å². The Balaban J connectivity index is 2.45. The molecule has 0 aromatic heterocycles. The van der Waals surface area contributed by atoms with Crippen LogP contribution in [-0.4, -0.2) is 18.1 Å². The van der Waals surface area contributed by atoms with Crippen molar-refractivity contribution in [2.75, 3.05) is 0 Å². The lowest BCUT2D eigenvalue weighted by Crippen LogP contribution is -2.31. The monoisotopic (exact) mass is 175 g/mol. The Morgan fingerprint density at radius 3 is 3.00 bits per heavy atom. The molecule has 3 heteroatoms. The van der Waals surface area contributed by atoms with E-state index in [0.717, 1.165) is 11.1 Å². The van der Waals surface area contributed by atoms with Crippen LogP contribution in [0.3, 0.4) is 0 Å². The fraction of sp³-hybridized carbons (Fsp3) is 0.200. The van der Waals surface area contributed by atoms with Gasteiger partial charge in [0.2, 0.25) is 0 Å². The van der Waals surface area contributed by atoms with Gasteiger partial charge in [-0.1, -0.05) is 24.3 Å². The molecule has 1 aliphatic rings. The van der Waals surface area contributed by atoms with Gasteiger partial charge in [-0.25, -0.2) is 0 Å². The summed E-state index contributed by atoms with van der Waals surface area (Å²) in [4.78, 5) is 10.5. The summed E-state index contributed by atoms with van der Waals surface area (Å²) in [5.74, 6) is 0. The summed E-state index contributed by atoms with van der Waals surface area (Å²) in [5, 5.41) is 7.67. The number of ether oxygens (including phenoxy) is 1. The third-order valence-corrected chi connectivity index (χ3v) is 2.13. The van der Waals surface area contributed by atoms with E-state index in [4.69, 9.17) is 10.1 Å². The summed E-state index contributed by atoms with van der Waals surface area (Å²) in [6, 6.07) is 7.51. The van der Waals surface area contributed by atoms with E-state index in [2.05, 4.69) is 0 Å². The number of fused-ring (bicyclic) bond motifs is 1. The van der Waals surface area contributed by atoms with Gasteiger partial charge in [0.15, 0.2) is 12.4 Å². The van der Waals surface area contributed by atoms with Crippen molar-refractivity contribution in [3.63, 3.8) is 0 Å². The molecule has 3 nitrogen and oxygen atoms in total. The number of carbonyl (C=O) groups excluding carboxylic acids is 1. The number of benzene rings is 1. The second-order valence-corrected chi connectivity index (χ2v) is 2.94. The predicted octanol–water partition coefficient (Wildman–Crippen LogP) is 1.15. The topological polar surface area (TPSA) is 50.1 Å². The van der Waals surface area contributed by atoms with Crippen molar-refractivity contribution < 1.29 is 9.53 Å². The molecule has 66 valence electrons. The molecule has 1 aliphatic heterocycles. The summed E-state index contributed by atoms with van der Waals surface area (Å²) >= 11 is 0. The van der Waals surface area contributed by atoms with E-state index in [9.17, 15) is 4.79 Å². The number of hydrogen-bond acceptors (Lipinski definition) is 3. The van der Waals surface area contributed by atoms with Gasteiger partial charge in [-0.05, 0) is 5.56 Å². The summed E-state index contributed by atoms with van der Waals surface area (Å²) in [5.41, 5.74) is 2.06. The molecule has 0 saturated heterocycles. The van der Waals surface area contributed by atoms with Crippen molar-refractivity contribution >= 4 is 12.0 Å². The quantitative estimate of drug-likeness (QED) is 0.651. The molecular formula is C10H9NO2. The Labute approximate surface area is 75.8 Å². The molecule has 0 amide bonds. The van der Waals surface area contributed by atoms with Crippen LogP contribution in [0.1, 0.15) is 11.1 Å². The van der Waals surface area contributed by atoms with Crippen LogP contribution in [0, 0.1) is 5.41 Å². The van der Waals surface area contributed by atoms with Crippen molar-refractivity contribution in [2.24, 2.45) is 0 Å². The molecule has 1 unspecified atom stereocenters. The van der Waals surface area contributed by atoms with E-state index in [-0.39, 0.29) is 5.71 Å². The fourth-order valence-electron chi connectivity index (χ4n) is 1.43. The first kappa shape index (κ1) is 8.13. The minimum atomic E-state index is -0.685. The smallest absolute Gasteiger partial charge is 0.155 e. The van der Waals surface area contributed by atoms with E-state index in [1.807, 2.05) is 24.3 Å². The number of rotatable bonds is 1. The number of carbonyl (C=O) groups is 1. The Morgan fingerprint density at radius 1 is 1.46 bits per heavy atom. The lowest BCUT2D eigenvalue weighted by atomic mass is 9.98. The minimum absolute atomic E-state index is 0.261. The number of hydrogen-bond donors (Lipinski definition) is 1. The standard InChI is InChI=1S/C10H9NO2/c11-10-8-4-2-1-3-7(8)6-13-9(10)5-12/h1-5,9,11H,6H2. The Morgan fingerprint density at radius 2 is 2.23 bits per heavy atom. The fourth-order valence-corrected chi connectivity index (χ4v) is 1.43. The van der Waals surface area contributed by atoms with Crippen molar-refractivity contribution in [2.45, 2.75) is 12.7 Å². The van der Waals surface area contributed by atoms with Gasteiger partial charge in [0.05, 0.1) is 12.3 Å². The molecule has 0 radical (unpaired) electrons. The van der Waals surface area contributed by atoms with Gasteiger partial charge in [-0.15, -0.1) is 0 Å². The normalized spacial score (nSPS) is 20.9. The first-order valence-electron chi connectivity index (χ1n) is 4.06. The SMILES string of the molecule is N=C1c2ccccc2COC1C=O. The molecule has 1 atom stereocenters. The second-order valence-electron chi connectivity index (χ2n) is 2.94. The Bertz CT molecular complexity index is 360. The van der Waals surface area contributed by atoms with Gasteiger partial charge in [0.25, 0.3) is 0 Å². The summed E-state index contributed by atoms with van der Waals surface area (Å²) in [7, 11) is 0. The number of aldehydes is 1. The van der Waals surface area contributed by atoms with Crippen molar-refractivity contribution in [3.8, 4) is 0 Å². The molecule has 1 heterocycles. The third-order valence-electron chi connectivity index (χ3n) is 2.13. The van der Waals surface area contributed by atoms with Crippen LogP contribution in [0.15, 0.2) is 24.3 Å². The van der Waals surface area contributed by atoms with Crippen LogP contribution in [0.25, 0.3) is 0 Å². The lowest BCUT2D eigenvalue weighted by Gasteiger charge is -2.21. The van der Waals surface area contributed by atoms with E-state index in [1.54, 1.807) is 0 Å². The molecule has 1 aromatic rings. The highest BCUT2D eigenvalue weighted by Crippen LogP contribution is 2.18. The zero-order valence-electron chi connectivity index (χ0n) is 6.99. The summed E-state index contributed by atoms with van der Waals surface area (Å²) in [6.45, 7) is 0.419. The van der Waals surface area contributed by atoms with Crippen molar-refractivity contribution in [1.82, 2.24) is 0 Å². The van der Waals surface area contributed by atoms with Gasteiger partial charge in [0.1, 0.15) is 0 Å². The minimum Gasteiger partial charge on any atom is -0.360 e. The summed E-state index contributed by atoms with van der Waals surface area (Å²) in [6.07, 6.45) is -0.0203. The van der Waals surface area contributed by atoms with Crippen molar-refractivity contribution in [3.05, 3.63) is 35.4 Å². The van der Waals surface area contributed by atoms with Crippen LogP contribution in [0.5, 0.6) is 0 Å². The molecule has 0 bridgehead atoms. The van der Waals surface area contributed by atoms with Gasteiger partial charge in [0, 0.05) is 5.56 Å². The van der Waals surface area contributed by atoms with E-state index in [0.29, 0.717) is 12.9 Å². The van der Waals surface area contributed by atoms with Gasteiger partial charge < -0.3 is 10.1 Å². The first-order valence-corrected chi connectivity index (χ1v) is 4.06. The predicted molar refractivity (Wildman–Crippen MR) is 47.9 cm³/mol. The highest BCUT2D eigenvalue weighted by atomic mass is 16.5. The molecule has 0 fully saturated rings. The largest absolute Gasteiger partial charge is 0.360 e. The average molecular weight is 175 g/mol. The maximum atomic E-state index is 10.5. The number of nitrogens with one attached hydrogen (secondary N) is 1. The zero-order chi connectivity index (χ0) is 9.26. The van der Waals surface area contributed by atoms with E-state index < -0.39 is 6.10 Å². The highest BCUT2D eigenvalue weighted by Gasteiger charge is 2.23. The van der Waals surface area contributed by atoms with Crippen LogP contribution in [0.4, 0.5) is 0 Å². The molecule has 1 N–H and O–H groups in total. The third kappa shape index (κ3) is 1.27. The maximum absolute atomic E-state index is 10.5. The Hall–Kier alpha value is -1.48. The average Bonchev–Trinajstić information content (AvgIpc) is 2.19. The first-order chi connectivity index (χ1) is 6.33. The maximum Gasteiger partial charge on any atom is 0.155 e. The molecule has 0 saturated carbocycles. The van der Waals surface area contributed by atoms with Gasteiger partial charge in [-0.2, -0.15) is 0 Å². The van der Waals surface area contributed by atoms with Crippen LogP contribution in [0.2, 0.25) is 0 Å². The van der Waals surface area contributed by atoms with Crippen molar-refractivity contribution in [1.29, 1.82) is 5.41 Å². The molecule has 0 spiro atoms. The summed E-state index contributed by atoms with van der Waals surface area (Å²) < 4.78 is 5.17. The van der Waals surface area contributed by atoms with Crippen LogP contribution in [-0.2, 0) is 16.1 Å². The Kier molecular flexibility index (Phi) is 1.94. The molecule has 1 aromatic carbocycles. The highest BCUT2D eigenvalue weighted by molar-refractivity contribution is 6.10. The van der Waals surface area contributed by atoms with E-state index >= 15 is 0 Å². The van der Waals surface area contributed by atoms with Gasteiger partial charge >= 0.3 is 0 Å². The molecule has 13 heavy (non-hydrogen) atoms.